The molecule has 0 aromatic carbocycles. The summed E-state index contributed by atoms with van der Waals surface area (Å²) in [7, 11) is 0. The number of carbonyl (C=O) groups is 1. The quantitative estimate of drug-likeness (QED) is 0.799. The Kier molecular flexibility index (Phi) is 4.43. The molecule has 3 heteroatoms. The average molecular weight is 239 g/mol. The lowest BCUT2D eigenvalue weighted by Gasteiger charge is -2.39. The Balaban J connectivity index is 1.95. The van der Waals surface area contributed by atoms with Crippen LogP contribution in [-0.4, -0.2) is 35.1 Å². The van der Waals surface area contributed by atoms with Gasteiger partial charge in [-0.05, 0) is 44.4 Å². The Hall–Kier alpha value is -0.570. The lowest BCUT2D eigenvalue weighted by Crippen LogP contribution is -2.47. The van der Waals surface area contributed by atoms with Gasteiger partial charge in [-0.25, -0.2) is 0 Å². The first-order valence-corrected chi connectivity index (χ1v) is 7.15. The van der Waals surface area contributed by atoms with Crippen molar-refractivity contribution in [1.82, 2.24) is 4.90 Å². The second-order valence-corrected chi connectivity index (χ2v) is 5.71. The standard InChI is InChI=1S/C14H25NO2/c1-11-5-2-8-13(11)14(17)15(9-4-10-16)12-6-3-7-12/h11-13,16H,2-10H2,1H3. The van der Waals surface area contributed by atoms with Crippen molar-refractivity contribution in [3.8, 4) is 0 Å². The molecule has 1 amide bonds. The minimum atomic E-state index is 0.191. The highest BCUT2D eigenvalue weighted by Gasteiger charge is 2.36. The minimum Gasteiger partial charge on any atom is -0.396 e. The molecule has 0 bridgehead atoms. The minimum absolute atomic E-state index is 0.191. The lowest BCUT2D eigenvalue weighted by atomic mass is 9.88. The molecular weight excluding hydrogens is 214 g/mol. The highest BCUT2D eigenvalue weighted by Crippen LogP contribution is 2.35. The van der Waals surface area contributed by atoms with E-state index in [0.717, 1.165) is 32.2 Å². The number of nitrogens with zero attached hydrogens (tertiary/aromatic N) is 1. The summed E-state index contributed by atoms with van der Waals surface area (Å²) >= 11 is 0. The van der Waals surface area contributed by atoms with E-state index in [9.17, 15) is 4.79 Å². The maximum Gasteiger partial charge on any atom is 0.226 e. The molecule has 2 aliphatic rings. The van der Waals surface area contributed by atoms with Crippen LogP contribution in [0.4, 0.5) is 0 Å². The fourth-order valence-corrected chi connectivity index (χ4v) is 3.14. The van der Waals surface area contributed by atoms with Gasteiger partial charge in [-0.3, -0.25) is 4.79 Å². The first kappa shape index (κ1) is 12.9. The largest absolute Gasteiger partial charge is 0.396 e. The highest BCUT2D eigenvalue weighted by atomic mass is 16.3. The molecule has 3 nitrogen and oxygen atoms in total. The third-order valence-electron chi connectivity index (χ3n) is 4.53. The van der Waals surface area contributed by atoms with Crippen molar-refractivity contribution >= 4 is 5.91 Å². The molecule has 2 rings (SSSR count). The van der Waals surface area contributed by atoms with Crippen LogP contribution in [0.1, 0.15) is 51.9 Å². The molecule has 2 fully saturated rings. The van der Waals surface area contributed by atoms with Gasteiger partial charge in [0.2, 0.25) is 5.91 Å². The maximum absolute atomic E-state index is 12.5. The van der Waals surface area contributed by atoms with Crippen LogP contribution >= 0.6 is 0 Å². The Morgan fingerprint density at radius 2 is 1.94 bits per heavy atom. The molecule has 0 aromatic rings. The average Bonchev–Trinajstić information content (AvgIpc) is 2.67. The third kappa shape index (κ3) is 2.82. The van der Waals surface area contributed by atoms with Gasteiger partial charge >= 0.3 is 0 Å². The smallest absolute Gasteiger partial charge is 0.226 e. The molecule has 2 unspecified atom stereocenters. The van der Waals surface area contributed by atoms with Gasteiger partial charge in [-0.15, -0.1) is 0 Å². The van der Waals surface area contributed by atoms with Crippen LogP contribution in [0.25, 0.3) is 0 Å². The monoisotopic (exact) mass is 239 g/mol. The van der Waals surface area contributed by atoms with Crippen LogP contribution in [0.3, 0.4) is 0 Å². The number of hydrogen-bond acceptors (Lipinski definition) is 2. The molecule has 0 saturated heterocycles. The fraction of sp³-hybridized carbons (Fsp3) is 0.929. The van der Waals surface area contributed by atoms with Gasteiger partial charge in [-0.2, -0.15) is 0 Å². The van der Waals surface area contributed by atoms with Gasteiger partial charge in [0, 0.05) is 25.1 Å². The molecule has 2 aliphatic carbocycles. The molecule has 1 N–H and O–H groups in total. The van der Waals surface area contributed by atoms with Crippen LogP contribution in [0.15, 0.2) is 0 Å². The van der Waals surface area contributed by atoms with E-state index in [1.54, 1.807) is 0 Å². The van der Waals surface area contributed by atoms with Gasteiger partial charge in [0.15, 0.2) is 0 Å². The Bertz CT molecular complexity index is 263. The van der Waals surface area contributed by atoms with E-state index in [1.165, 1.54) is 19.3 Å². The maximum atomic E-state index is 12.5. The van der Waals surface area contributed by atoms with Crippen molar-refractivity contribution in [3.63, 3.8) is 0 Å². The molecule has 0 heterocycles. The molecule has 0 aliphatic heterocycles. The molecule has 0 spiro atoms. The van der Waals surface area contributed by atoms with E-state index < -0.39 is 0 Å². The summed E-state index contributed by atoms with van der Waals surface area (Å²) in [6.07, 6.45) is 7.79. The number of rotatable bonds is 5. The summed E-state index contributed by atoms with van der Waals surface area (Å²) in [4.78, 5) is 14.6. The highest BCUT2D eigenvalue weighted by molar-refractivity contribution is 5.79. The van der Waals surface area contributed by atoms with Crippen molar-refractivity contribution in [2.45, 2.75) is 57.9 Å². The zero-order valence-electron chi connectivity index (χ0n) is 10.9. The molecule has 98 valence electrons. The Morgan fingerprint density at radius 1 is 1.24 bits per heavy atom. The topological polar surface area (TPSA) is 40.5 Å². The van der Waals surface area contributed by atoms with E-state index in [-0.39, 0.29) is 12.5 Å². The third-order valence-corrected chi connectivity index (χ3v) is 4.53. The van der Waals surface area contributed by atoms with Crippen molar-refractivity contribution in [2.75, 3.05) is 13.2 Å². The number of hydrogen-bond donors (Lipinski definition) is 1. The summed E-state index contributed by atoms with van der Waals surface area (Å²) in [5.74, 6) is 1.18. The summed E-state index contributed by atoms with van der Waals surface area (Å²) < 4.78 is 0. The second kappa shape index (κ2) is 5.85. The summed E-state index contributed by atoms with van der Waals surface area (Å²) in [5, 5.41) is 8.95. The van der Waals surface area contributed by atoms with E-state index >= 15 is 0 Å². The van der Waals surface area contributed by atoms with E-state index in [1.807, 2.05) is 0 Å². The zero-order chi connectivity index (χ0) is 12.3. The van der Waals surface area contributed by atoms with E-state index in [2.05, 4.69) is 11.8 Å². The SMILES string of the molecule is CC1CCCC1C(=O)N(CCCO)C1CCC1. The van der Waals surface area contributed by atoms with Crippen molar-refractivity contribution in [1.29, 1.82) is 0 Å². The van der Waals surface area contributed by atoms with Gasteiger partial charge in [-0.1, -0.05) is 13.3 Å². The molecule has 2 saturated carbocycles. The normalized spacial score (nSPS) is 29.1. The number of carbonyl (C=O) groups excluding carboxylic acids is 1. The predicted molar refractivity (Wildman–Crippen MR) is 67.6 cm³/mol. The summed E-state index contributed by atoms with van der Waals surface area (Å²) in [6, 6.07) is 0.474. The van der Waals surface area contributed by atoms with Crippen LogP contribution in [-0.2, 0) is 4.79 Å². The van der Waals surface area contributed by atoms with Crippen LogP contribution in [0.5, 0.6) is 0 Å². The first-order chi connectivity index (χ1) is 8.24. The van der Waals surface area contributed by atoms with Gasteiger partial charge in [0.25, 0.3) is 0 Å². The lowest BCUT2D eigenvalue weighted by molar-refractivity contribution is -0.140. The summed E-state index contributed by atoms with van der Waals surface area (Å²) in [5.41, 5.74) is 0. The molecule has 17 heavy (non-hydrogen) atoms. The van der Waals surface area contributed by atoms with E-state index in [0.29, 0.717) is 17.9 Å². The van der Waals surface area contributed by atoms with Gasteiger partial charge in [0.05, 0.1) is 0 Å². The molecule has 2 atom stereocenters. The van der Waals surface area contributed by atoms with Gasteiger partial charge < -0.3 is 10.0 Å². The molecular formula is C14H25NO2. The predicted octanol–water partition coefficient (Wildman–Crippen LogP) is 2.19. The Labute approximate surface area is 104 Å². The first-order valence-electron chi connectivity index (χ1n) is 7.15. The van der Waals surface area contributed by atoms with E-state index in [4.69, 9.17) is 5.11 Å². The Morgan fingerprint density at radius 3 is 2.41 bits per heavy atom. The molecule has 0 radical (unpaired) electrons. The number of amides is 1. The zero-order valence-corrected chi connectivity index (χ0v) is 10.9. The van der Waals surface area contributed by atoms with Crippen molar-refractivity contribution < 1.29 is 9.90 Å². The van der Waals surface area contributed by atoms with Crippen molar-refractivity contribution in [3.05, 3.63) is 0 Å². The second-order valence-electron chi connectivity index (χ2n) is 5.71. The van der Waals surface area contributed by atoms with Crippen LogP contribution < -0.4 is 0 Å². The van der Waals surface area contributed by atoms with Gasteiger partial charge in [0.1, 0.15) is 0 Å². The van der Waals surface area contributed by atoms with Crippen LogP contribution in [0.2, 0.25) is 0 Å². The summed E-state index contributed by atoms with van der Waals surface area (Å²) in [6.45, 7) is 3.15. The fourth-order valence-electron chi connectivity index (χ4n) is 3.14. The number of aliphatic hydroxyl groups excluding tert-OH is 1. The number of aliphatic hydroxyl groups is 1. The van der Waals surface area contributed by atoms with Crippen molar-refractivity contribution in [2.24, 2.45) is 11.8 Å². The molecule has 0 aromatic heterocycles. The van der Waals surface area contributed by atoms with Crippen LogP contribution in [0, 0.1) is 11.8 Å².